The summed E-state index contributed by atoms with van der Waals surface area (Å²) in [4.78, 5) is 46.1. The molecule has 1 N–H and O–H groups in total. The number of carbonyl (C=O) groups is 3. The predicted molar refractivity (Wildman–Crippen MR) is 133 cm³/mol. The highest BCUT2D eigenvalue weighted by atomic mass is 16.2. The van der Waals surface area contributed by atoms with E-state index >= 15 is 0 Å². The van der Waals surface area contributed by atoms with Gasteiger partial charge in [0.2, 0.25) is 5.91 Å². The average molecular weight is 471 g/mol. The van der Waals surface area contributed by atoms with Crippen LogP contribution in [-0.2, 0) is 35.5 Å². The molecule has 1 saturated heterocycles. The van der Waals surface area contributed by atoms with Gasteiger partial charge in [0, 0.05) is 50.0 Å². The number of carbonyl (C=O) groups excluding carboxylic acids is 3. The fourth-order valence-corrected chi connectivity index (χ4v) is 5.16. The number of benzene rings is 2. The number of pyridine rings is 1. The average Bonchev–Trinajstić information content (AvgIpc) is 3.29. The molecule has 0 radical (unpaired) electrons. The van der Waals surface area contributed by atoms with Gasteiger partial charge in [-0.25, -0.2) is 4.79 Å². The Bertz CT molecular complexity index is 1350. The highest BCUT2D eigenvalue weighted by molar-refractivity contribution is 6.08. The summed E-state index contributed by atoms with van der Waals surface area (Å²) in [5, 5.41) is 3.41. The molecule has 3 aromatic rings. The van der Waals surface area contributed by atoms with Gasteiger partial charge >= 0.3 is 6.03 Å². The molecule has 1 spiro atoms. The number of likely N-dealkylation sites (N-methyl/N-ethyl adjacent to an activating group) is 1. The summed E-state index contributed by atoms with van der Waals surface area (Å²) in [7, 11) is 1.68. The number of amides is 4. The number of hydrogen-bond donors (Lipinski definition) is 1. The fourth-order valence-electron chi connectivity index (χ4n) is 5.16. The van der Waals surface area contributed by atoms with Gasteiger partial charge in [-0.1, -0.05) is 51.1 Å². The first-order valence-electron chi connectivity index (χ1n) is 11.9. The van der Waals surface area contributed by atoms with E-state index < -0.39 is 11.0 Å². The zero-order valence-corrected chi connectivity index (χ0v) is 20.6. The lowest BCUT2D eigenvalue weighted by atomic mass is 9.94. The number of urea groups is 1. The van der Waals surface area contributed by atoms with E-state index in [2.05, 4.69) is 22.4 Å². The van der Waals surface area contributed by atoms with Crippen LogP contribution in [0.5, 0.6) is 0 Å². The number of nitrogens with zero attached hydrogens (tertiary/aromatic N) is 3. The normalized spacial score (nSPS) is 19.4. The second kappa shape index (κ2) is 8.18. The smallest absolute Gasteiger partial charge is 0.324 e. The summed E-state index contributed by atoms with van der Waals surface area (Å²) in [5.41, 5.74) is 3.61. The highest BCUT2D eigenvalue weighted by Gasteiger charge is 2.54. The molecule has 1 aliphatic heterocycles. The van der Waals surface area contributed by atoms with Crippen LogP contribution in [0.3, 0.4) is 0 Å². The van der Waals surface area contributed by atoms with E-state index in [-0.39, 0.29) is 17.8 Å². The van der Waals surface area contributed by atoms with Gasteiger partial charge in [0.05, 0.1) is 5.52 Å². The highest BCUT2D eigenvalue weighted by Crippen LogP contribution is 2.38. The second-order valence-corrected chi connectivity index (χ2v) is 10.8. The van der Waals surface area contributed by atoms with E-state index in [1.165, 1.54) is 4.90 Å². The van der Waals surface area contributed by atoms with Crippen LogP contribution in [0, 0.1) is 5.41 Å². The molecule has 35 heavy (non-hydrogen) atoms. The van der Waals surface area contributed by atoms with Crippen molar-refractivity contribution in [2.24, 2.45) is 5.41 Å². The summed E-state index contributed by atoms with van der Waals surface area (Å²) in [6, 6.07) is 15.8. The van der Waals surface area contributed by atoms with E-state index in [0.717, 1.165) is 33.2 Å². The molecule has 1 fully saturated rings. The predicted octanol–water partition coefficient (Wildman–Crippen LogP) is 3.83. The van der Waals surface area contributed by atoms with Crippen LogP contribution in [0.1, 0.15) is 43.0 Å². The minimum atomic E-state index is -0.856. The van der Waals surface area contributed by atoms with Crippen molar-refractivity contribution < 1.29 is 14.4 Å². The first kappa shape index (κ1) is 23.0. The molecule has 1 unspecified atom stereocenters. The molecule has 4 amide bonds. The van der Waals surface area contributed by atoms with E-state index in [1.54, 1.807) is 7.05 Å². The Morgan fingerprint density at radius 3 is 2.31 bits per heavy atom. The number of aromatic nitrogens is 1. The van der Waals surface area contributed by atoms with Crippen molar-refractivity contribution in [3.8, 4) is 0 Å². The van der Waals surface area contributed by atoms with Gasteiger partial charge in [0.25, 0.3) is 5.91 Å². The van der Waals surface area contributed by atoms with Gasteiger partial charge < -0.3 is 9.80 Å². The number of nitrogens with one attached hydrogen (secondary N) is 1. The topological polar surface area (TPSA) is 82.6 Å². The molecule has 2 heterocycles. The lowest BCUT2D eigenvalue weighted by Crippen LogP contribution is -2.48. The van der Waals surface area contributed by atoms with Gasteiger partial charge in [-0.3, -0.25) is 19.9 Å². The standard InChI is InChI=1S/C28H30N4O3/c1-27(2,3)25(34)32(16-18-8-6-5-7-9-18)17-19-10-20-11-21-13-28(24(33)30-26(35)31(28)4)14-22(21)12-23(20)29-15-19/h5-12,15H,13-14,16-17H2,1-4H3,(H,30,33,35). The van der Waals surface area contributed by atoms with Crippen molar-refractivity contribution in [3.05, 3.63) is 77.0 Å². The van der Waals surface area contributed by atoms with Crippen LogP contribution in [0.2, 0.25) is 0 Å². The maximum Gasteiger partial charge on any atom is 0.324 e. The molecule has 1 aromatic heterocycles. The monoisotopic (exact) mass is 470 g/mol. The van der Waals surface area contributed by atoms with E-state index in [9.17, 15) is 14.4 Å². The summed E-state index contributed by atoms with van der Waals surface area (Å²) < 4.78 is 0. The Kier molecular flexibility index (Phi) is 5.38. The first-order chi connectivity index (χ1) is 16.6. The molecule has 2 aliphatic rings. The molecular formula is C28H30N4O3. The van der Waals surface area contributed by atoms with Crippen LogP contribution in [0.25, 0.3) is 10.9 Å². The van der Waals surface area contributed by atoms with Gasteiger partial charge in [0.1, 0.15) is 5.54 Å². The number of fused-ring (bicyclic) bond motifs is 2. The third-order valence-electron chi connectivity index (χ3n) is 7.13. The van der Waals surface area contributed by atoms with Crippen molar-refractivity contribution in [2.75, 3.05) is 7.05 Å². The van der Waals surface area contributed by atoms with Crippen LogP contribution in [0.15, 0.2) is 54.7 Å². The Morgan fingerprint density at radius 2 is 1.69 bits per heavy atom. The number of imide groups is 1. The van der Waals surface area contributed by atoms with Crippen molar-refractivity contribution in [1.29, 1.82) is 0 Å². The van der Waals surface area contributed by atoms with E-state index in [1.807, 2.05) is 68.3 Å². The maximum absolute atomic E-state index is 13.3. The molecule has 1 aliphatic carbocycles. The molecule has 2 aromatic carbocycles. The largest absolute Gasteiger partial charge is 0.334 e. The fraction of sp³-hybridized carbons (Fsp3) is 0.357. The minimum Gasteiger partial charge on any atom is -0.334 e. The van der Waals surface area contributed by atoms with Gasteiger partial charge in [0.15, 0.2) is 0 Å². The lowest BCUT2D eigenvalue weighted by molar-refractivity contribution is -0.140. The zero-order chi connectivity index (χ0) is 25.0. The summed E-state index contributed by atoms with van der Waals surface area (Å²) in [5.74, 6) is -0.159. The van der Waals surface area contributed by atoms with Crippen LogP contribution < -0.4 is 5.32 Å². The molecule has 1 atom stereocenters. The molecular weight excluding hydrogens is 440 g/mol. The Hall–Kier alpha value is -3.74. The zero-order valence-electron chi connectivity index (χ0n) is 20.6. The Labute approximate surface area is 205 Å². The van der Waals surface area contributed by atoms with Crippen LogP contribution in [0.4, 0.5) is 4.79 Å². The third-order valence-corrected chi connectivity index (χ3v) is 7.13. The van der Waals surface area contributed by atoms with E-state index in [4.69, 9.17) is 0 Å². The van der Waals surface area contributed by atoms with Crippen molar-refractivity contribution in [1.82, 2.24) is 20.1 Å². The van der Waals surface area contributed by atoms with Gasteiger partial charge in [-0.2, -0.15) is 0 Å². The van der Waals surface area contributed by atoms with E-state index in [0.29, 0.717) is 25.9 Å². The minimum absolute atomic E-state index is 0.0808. The summed E-state index contributed by atoms with van der Waals surface area (Å²) in [6.07, 6.45) is 2.80. The van der Waals surface area contributed by atoms with Crippen LogP contribution >= 0.6 is 0 Å². The van der Waals surface area contributed by atoms with Crippen LogP contribution in [-0.4, -0.2) is 45.2 Å². The van der Waals surface area contributed by atoms with Crippen molar-refractivity contribution in [3.63, 3.8) is 0 Å². The molecule has 5 rings (SSSR count). The summed E-state index contributed by atoms with van der Waals surface area (Å²) in [6.45, 7) is 6.79. The SMILES string of the molecule is CN1C(=O)NC(=O)C12Cc1cc3cc(CN(Cc4ccccc4)C(=O)C(C)(C)C)cnc3cc1C2. The third kappa shape index (κ3) is 4.05. The molecule has 0 saturated carbocycles. The van der Waals surface area contributed by atoms with Gasteiger partial charge in [-0.05, 0) is 40.5 Å². The lowest BCUT2D eigenvalue weighted by Gasteiger charge is -2.30. The maximum atomic E-state index is 13.3. The molecule has 180 valence electrons. The Balaban J connectivity index is 1.44. The number of rotatable bonds is 4. The first-order valence-corrected chi connectivity index (χ1v) is 11.9. The Morgan fingerprint density at radius 1 is 1.03 bits per heavy atom. The summed E-state index contributed by atoms with van der Waals surface area (Å²) >= 11 is 0. The molecule has 7 nitrogen and oxygen atoms in total. The molecule has 0 bridgehead atoms. The number of hydrogen-bond acceptors (Lipinski definition) is 4. The van der Waals surface area contributed by atoms with Gasteiger partial charge in [-0.15, -0.1) is 0 Å². The second-order valence-electron chi connectivity index (χ2n) is 10.8. The molecule has 7 heteroatoms. The van der Waals surface area contributed by atoms with Crippen molar-refractivity contribution >= 4 is 28.7 Å². The quantitative estimate of drug-likeness (QED) is 0.588. The van der Waals surface area contributed by atoms with Crippen molar-refractivity contribution in [2.45, 2.75) is 52.2 Å².